The molecule has 0 aliphatic heterocycles. The Labute approximate surface area is 96.8 Å². The summed E-state index contributed by atoms with van der Waals surface area (Å²) in [4.78, 5) is 0. The molecule has 0 saturated carbocycles. The highest BCUT2D eigenvalue weighted by Crippen LogP contribution is 2.17. The standard InChI is InChI=1S/C13H20FNO/c1-10(2)15-8-4-5-11-6-7-12(16-3)9-13(11)14/h6-7,9-10,15H,4-5,8H2,1-3H3. The number of hydrogen-bond acceptors (Lipinski definition) is 2. The summed E-state index contributed by atoms with van der Waals surface area (Å²) in [6.07, 6.45) is 1.71. The van der Waals surface area contributed by atoms with E-state index in [1.807, 2.05) is 0 Å². The summed E-state index contributed by atoms with van der Waals surface area (Å²) in [5, 5.41) is 3.31. The molecule has 0 aliphatic rings. The van der Waals surface area contributed by atoms with Crippen LogP contribution in [0.15, 0.2) is 18.2 Å². The molecule has 0 aromatic heterocycles. The van der Waals surface area contributed by atoms with E-state index in [1.165, 1.54) is 6.07 Å². The van der Waals surface area contributed by atoms with E-state index in [9.17, 15) is 4.39 Å². The van der Waals surface area contributed by atoms with Crippen LogP contribution in [-0.4, -0.2) is 19.7 Å². The third-order valence-electron chi connectivity index (χ3n) is 2.44. The lowest BCUT2D eigenvalue weighted by Gasteiger charge is -2.08. The zero-order valence-corrected chi connectivity index (χ0v) is 10.2. The molecule has 0 bridgehead atoms. The van der Waals surface area contributed by atoms with Crippen molar-refractivity contribution in [3.05, 3.63) is 29.6 Å². The van der Waals surface area contributed by atoms with E-state index >= 15 is 0 Å². The number of nitrogens with one attached hydrogen (secondary N) is 1. The first-order valence-corrected chi connectivity index (χ1v) is 5.69. The van der Waals surface area contributed by atoms with Gasteiger partial charge in [-0.05, 0) is 31.0 Å². The quantitative estimate of drug-likeness (QED) is 0.752. The molecule has 2 nitrogen and oxygen atoms in total. The molecule has 0 radical (unpaired) electrons. The van der Waals surface area contributed by atoms with E-state index in [-0.39, 0.29) is 5.82 Å². The van der Waals surface area contributed by atoms with Crippen LogP contribution in [0.25, 0.3) is 0 Å². The first-order valence-electron chi connectivity index (χ1n) is 5.69. The van der Waals surface area contributed by atoms with Gasteiger partial charge in [0.25, 0.3) is 0 Å². The predicted octanol–water partition coefficient (Wildman–Crippen LogP) is 2.76. The first-order chi connectivity index (χ1) is 7.63. The van der Waals surface area contributed by atoms with Crippen molar-refractivity contribution in [1.29, 1.82) is 0 Å². The van der Waals surface area contributed by atoms with Crippen LogP contribution in [0.1, 0.15) is 25.8 Å². The Morgan fingerprint density at radius 2 is 2.12 bits per heavy atom. The Morgan fingerprint density at radius 3 is 2.69 bits per heavy atom. The van der Waals surface area contributed by atoms with E-state index in [2.05, 4.69) is 19.2 Å². The topological polar surface area (TPSA) is 21.3 Å². The molecule has 1 aromatic carbocycles. The summed E-state index contributed by atoms with van der Waals surface area (Å²) in [5.74, 6) is 0.394. The Bertz CT molecular complexity index is 326. The Hall–Kier alpha value is -1.09. The van der Waals surface area contributed by atoms with E-state index in [0.29, 0.717) is 11.8 Å². The van der Waals surface area contributed by atoms with Gasteiger partial charge in [0.05, 0.1) is 7.11 Å². The third kappa shape index (κ3) is 4.19. The van der Waals surface area contributed by atoms with Crippen LogP contribution in [0.5, 0.6) is 5.75 Å². The maximum atomic E-state index is 13.5. The second kappa shape index (κ2) is 6.48. The lowest BCUT2D eigenvalue weighted by molar-refractivity contribution is 0.410. The highest BCUT2D eigenvalue weighted by molar-refractivity contribution is 5.28. The number of benzene rings is 1. The molecular weight excluding hydrogens is 205 g/mol. The Balaban J connectivity index is 2.42. The van der Waals surface area contributed by atoms with Gasteiger partial charge in [-0.2, -0.15) is 0 Å². The molecule has 0 fully saturated rings. The molecule has 16 heavy (non-hydrogen) atoms. The van der Waals surface area contributed by atoms with Gasteiger partial charge in [-0.1, -0.05) is 19.9 Å². The first kappa shape index (κ1) is 13.0. The van der Waals surface area contributed by atoms with Crippen molar-refractivity contribution in [1.82, 2.24) is 5.32 Å². The van der Waals surface area contributed by atoms with E-state index in [1.54, 1.807) is 19.2 Å². The molecule has 0 spiro atoms. The number of halogens is 1. The van der Waals surface area contributed by atoms with Crippen molar-refractivity contribution in [2.75, 3.05) is 13.7 Å². The van der Waals surface area contributed by atoms with Gasteiger partial charge < -0.3 is 10.1 Å². The van der Waals surface area contributed by atoms with Crippen molar-refractivity contribution in [2.45, 2.75) is 32.7 Å². The monoisotopic (exact) mass is 225 g/mol. The van der Waals surface area contributed by atoms with Crippen LogP contribution < -0.4 is 10.1 Å². The SMILES string of the molecule is COc1ccc(CCCNC(C)C)c(F)c1. The van der Waals surface area contributed by atoms with Crippen LogP contribution >= 0.6 is 0 Å². The molecular formula is C13H20FNO. The van der Waals surface area contributed by atoms with Crippen molar-refractivity contribution < 1.29 is 9.13 Å². The van der Waals surface area contributed by atoms with Gasteiger partial charge in [0.15, 0.2) is 0 Å². The summed E-state index contributed by atoms with van der Waals surface area (Å²) in [7, 11) is 1.54. The lowest BCUT2D eigenvalue weighted by Crippen LogP contribution is -2.24. The minimum atomic E-state index is -0.177. The van der Waals surface area contributed by atoms with Gasteiger partial charge in [-0.15, -0.1) is 0 Å². The maximum Gasteiger partial charge on any atom is 0.130 e. The highest BCUT2D eigenvalue weighted by atomic mass is 19.1. The molecule has 0 heterocycles. The van der Waals surface area contributed by atoms with Gasteiger partial charge >= 0.3 is 0 Å². The minimum Gasteiger partial charge on any atom is -0.497 e. The zero-order chi connectivity index (χ0) is 12.0. The van der Waals surface area contributed by atoms with Gasteiger partial charge in [-0.3, -0.25) is 0 Å². The summed E-state index contributed by atoms with van der Waals surface area (Å²) in [5.41, 5.74) is 0.756. The smallest absolute Gasteiger partial charge is 0.130 e. The second-order valence-corrected chi connectivity index (χ2v) is 4.17. The Kier molecular flexibility index (Phi) is 5.26. The van der Waals surface area contributed by atoms with Crippen LogP contribution in [0.4, 0.5) is 4.39 Å². The number of ether oxygens (including phenoxy) is 1. The third-order valence-corrected chi connectivity index (χ3v) is 2.44. The molecule has 0 amide bonds. The van der Waals surface area contributed by atoms with Gasteiger partial charge in [0, 0.05) is 12.1 Å². The molecule has 3 heteroatoms. The molecule has 1 N–H and O–H groups in total. The number of rotatable bonds is 6. The van der Waals surface area contributed by atoms with Crippen LogP contribution in [0.2, 0.25) is 0 Å². The molecule has 90 valence electrons. The average molecular weight is 225 g/mol. The number of methoxy groups -OCH3 is 1. The summed E-state index contributed by atoms with van der Waals surface area (Å²) in [6, 6.07) is 5.52. The molecule has 0 saturated heterocycles. The van der Waals surface area contributed by atoms with Crippen LogP contribution in [-0.2, 0) is 6.42 Å². The summed E-state index contributed by atoms with van der Waals surface area (Å²) >= 11 is 0. The van der Waals surface area contributed by atoms with Crippen molar-refractivity contribution in [3.63, 3.8) is 0 Å². The van der Waals surface area contributed by atoms with E-state index in [0.717, 1.165) is 24.9 Å². The molecule has 0 aliphatic carbocycles. The van der Waals surface area contributed by atoms with E-state index in [4.69, 9.17) is 4.74 Å². The van der Waals surface area contributed by atoms with Crippen molar-refractivity contribution in [3.8, 4) is 5.75 Å². The average Bonchev–Trinajstić information content (AvgIpc) is 2.25. The lowest BCUT2D eigenvalue weighted by atomic mass is 10.1. The minimum absolute atomic E-state index is 0.177. The highest BCUT2D eigenvalue weighted by Gasteiger charge is 2.03. The second-order valence-electron chi connectivity index (χ2n) is 4.17. The zero-order valence-electron chi connectivity index (χ0n) is 10.2. The molecule has 0 unspecified atom stereocenters. The van der Waals surface area contributed by atoms with Crippen LogP contribution in [0, 0.1) is 5.82 Å². The number of aryl methyl sites for hydroxylation is 1. The maximum absolute atomic E-state index is 13.5. The van der Waals surface area contributed by atoms with Crippen molar-refractivity contribution >= 4 is 0 Å². The molecule has 1 aromatic rings. The largest absolute Gasteiger partial charge is 0.497 e. The van der Waals surface area contributed by atoms with E-state index < -0.39 is 0 Å². The fraction of sp³-hybridized carbons (Fsp3) is 0.538. The van der Waals surface area contributed by atoms with Gasteiger partial charge in [0.1, 0.15) is 11.6 Å². The summed E-state index contributed by atoms with van der Waals surface area (Å²) in [6.45, 7) is 5.13. The molecule has 1 rings (SSSR count). The van der Waals surface area contributed by atoms with Gasteiger partial charge in [0.2, 0.25) is 0 Å². The predicted molar refractivity (Wildman–Crippen MR) is 64.4 cm³/mol. The fourth-order valence-electron chi connectivity index (χ4n) is 1.53. The van der Waals surface area contributed by atoms with Crippen LogP contribution in [0.3, 0.4) is 0 Å². The fourth-order valence-corrected chi connectivity index (χ4v) is 1.53. The molecule has 0 atom stereocenters. The van der Waals surface area contributed by atoms with Crippen molar-refractivity contribution in [2.24, 2.45) is 0 Å². The summed E-state index contributed by atoms with van der Waals surface area (Å²) < 4.78 is 18.5. The van der Waals surface area contributed by atoms with Gasteiger partial charge in [-0.25, -0.2) is 4.39 Å². The normalized spacial score (nSPS) is 10.8. The Morgan fingerprint density at radius 1 is 1.38 bits per heavy atom. The number of hydrogen-bond donors (Lipinski definition) is 1.